The molecule has 1 aliphatic heterocycles. The molecule has 0 saturated heterocycles. The number of carbonyl (C=O) groups excluding carboxylic acids is 3. The molecule has 0 spiro atoms. The molecule has 0 bridgehead atoms. The van der Waals surface area contributed by atoms with Crippen molar-refractivity contribution in [1.29, 1.82) is 0 Å². The van der Waals surface area contributed by atoms with Crippen molar-refractivity contribution in [3.63, 3.8) is 0 Å². The third-order valence-corrected chi connectivity index (χ3v) is 9.40. The standard InChI is InChI=1S/C36H43BrN2O4/c1-8-13-39-26-16-35(4,5)18-28(40)33(26)32(34-27(39)17-36(6,7)19-29(34)41)23-11-12-30(24(37)15-23)43-20-31(42)38-25-14-21(2)9-10-22(25)3/h9-12,14-15,32H,8,13,16-20H2,1-7H3,(H,38,42). The summed E-state index contributed by atoms with van der Waals surface area (Å²) in [6.45, 7) is 15.4. The van der Waals surface area contributed by atoms with Crippen molar-refractivity contribution in [3.8, 4) is 5.75 Å². The zero-order chi connectivity index (χ0) is 31.3. The molecule has 228 valence electrons. The molecule has 43 heavy (non-hydrogen) atoms. The Morgan fingerprint density at radius 1 is 0.930 bits per heavy atom. The van der Waals surface area contributed by atoms with Crippen LogP contribution in [0, 0.1) is 24.7 Å². The van der Waals surface area contributed by atoms with Crippen LogP contribution < -0.4 is 10.1 Å². The first kappa shape index (κ1) is 31.2. The summed E-state index contributed by atoms with van der Waals surface area (Å²) < 4.78 is 6.60. The average Bonchev–Trinajstić information content (AvgIpc) is 2.89. The van der Waals surface area contributed by atoms with Crippen LogP contribution >= 0.6 is 15.9 Å². The summed E-state index contributed by atoms with van der Waals surface area (Å²) in [5.74, 6) is 0.118. The maximum absolute atomic E-state index is 13.9. The highest BCUT2D eigenvalue weighted by Gasteiger charge is 2.48. The third-order valence-electron chi connectivity index (χ3n) is 8.78. The molecule has 1 heterocycles. The second-order valence-corrected chi connectivity index (χ2v) is 14.9. The minimum atomic E-state index is -0.414. The topological polar surface area (TPSA) is 75.7 Å². The van der Waals surface area contributed by atoms with Crippen molar-refractivity contribution in [1.82, 2.24) is 4.90 Å². The number of aryl methyl sites for hydroxylation is 2. The fourth-order valence-electron chi connectivity index (χ4n) is 6.89. The number of halogens is 1. The molecule has 0 fully saturated rings. The van der Waals surface area contributed by atoms with Gasteiger partial charge in [0.15, 0.2) is 18.2 Å². The average molecular weight is 648 g/mol. The van der Waals surface area contributed by atoms with Gasteiger partial charge in [-0.25, -0.2) is 0 Å². The number of hydrogen-bond acceptors (Lipinski definition) is 5. The highest BCUT2D eigenvalue weighted by Crippen LogP contribution is 2.54. The van der Waals surface area contributed by atoms with Gasteiger partial charge in [0.2, 0.25) is 0 Å². The summed E-state index contributed by atoms with van der Waals surface area (Å²) in [7, 11) is 0. The molecule has 3 aliphatic rings. The van der Waals surface area contributed by atoms with Crippen LogP contribution in [0.1, 0.15) is 89.3 Å². The van der Waals surface area contributed by atoms with E-state index in [1.807, 2.05) is 50.2 Å². The Morgan fingerprint density at radius 2 is 1.53 bits per heavy atom. The van der Waals surface area contributed by atoms with Gasteiger partial charge in [0, 0.05) is 53.5 Å². The number of nitrogens with zero attached hydrogens (tertiary/aromatic N) is 1. The molecule has 0 radical (unpaired) electrons. The number of benzene rings is 2. The summed E-state index contributed by atoms with van der Waals surface area (Å²) in [5, 5.41) is 2.93. The van der Waals surface area contributed by atoms with E-state index in [1.165, 1.54) is 0 Å². The molecule has 2 aromatic carbocycles. The van der Waals surface area contributed by atoms with Gasteiger partial charge in [0.25, 0.3) is 5.91 Å². The van der Waals surface area contributed by atoms with Crippen molar-refractivity contribution >= 4 is 39.1 Å². The van der Waals surface area contributed by atoms with Crippen molar-refractivity contribution in [2.24, 2.45) is 10.8 Å². The van der Waals surface area contributed by atoms with Gasteiger partial charge in [0.05, 0.1) is 4.47 Å². The number of hydrogen-bond donors (Lipinski definition) is 1. The van der Waals surface area contributed by atoms with Crippen molar-refractivity contribution in [3.05, 3.63) is 80.1 Å². The Kier molecular flexibility index (Phi) is 8.51. The quantitative estimate of drug-likeness (QED) is 0.328. The summed E-state index contributed by atoms with van der Waals surface area (Å²) >= 11 is 3.66. The molecule has 2 aromatic rings. The van der Waals surface area contributed by atoms with Gasteiger partial charge >= 0.3 is 0 Å². The molecular weight excluding hydrogens is 604 g/mol. The normalized spacial score (nSPS) is 19.8. The highest BCUT2D eigenvalue weighted by atomic mass is 79.9. The van der Waals surface area contributed by atoms with Crippen molar-refractivity contribution in [2.75, 3.05) is 18.5 Å². The maximum Gasteiger partial charge on any atom is 0.262 e. The Balaban J connectivity index is 1.49. The van der Waals surface area contributed by atoms with Crippen LogP contribution in [-0.2, 0) is 14.4 Å². The number of allylic oxidation sites excluding steroid dienone is 4. The zero-order valence-electron chi connectivity index (χ0n) is 26.4. The highest BCUT2D eigenvalue weighted by molar-refractivity contribution is 9.10. The first-order chi connectivity index (χ1) is 20.2. The van der Waals surface area contributed by atoms with Crippen LogP contribution in [0.4, 0.5) is 5.69 Å². The molecule has 1 amide bonds. The van der Waals surface area contributed by atoms with E-state index in [9.17, 15) is 14.4 Å². The van der Waals surface area contributed by atoms with E-state index in [-0.39, 0.29) is 34.9 Å². The van der Waals surface area contributed by atoms with Crippen molar-refractivity contribution in [2.45, 2.75) is 86.5 Å². The number of ketones is 2. The molecule has 5 rings (SSSR count). The zero-order valence-corrected chi connectivity index (χ0v) is 28.0. The van der Waals surface area contributed by atoms with E-state index >= 15 is 0 Å². The Labute approximate surface area is 264 Å². The second-order valence-electron chi connectivity index (χ2n) is 14.0. The number of anilines is 1. The van der Waals surface area contributed by atoms with E-state index < -0.39 is 5.92 Å². The van der Waals surface area contributed by atoms with Gasteiger partial charge < -0.3 is 15.0 Å². The second kappa shape index (κ2) is 11.7. The maximum atomic E-state index is 13.9. The monoisotopic (exact) mass is 646 g/mol. The van der Waals surface area contributed by atoms with E-state index in [4.69, 9.17) is 4.74 Å². The predicted molar refractivity (Wildman–Crippen MR) is 174 cm³/mol. The number of nitrogens with one attached hydrogen (secondary N) is 1. The van der Waals surface area contributed by atoms with Gasteiger partial charge in [-0.05, 0) is 94.8 Å². The smallest absolute Gasteiger partial charge is 0.262 e. The lowest BCUT2D eigenvalue weighted by atomic mass is 9.63. The fourth-order valence-corrected chi connectivity index (χ4v) is 7.40. The Morgan fingerprint density at radius 3 is 2.09 bits per heavy atom. The number of carbonyl (C=O) groups is 3. The van der Waals surface area contributed by atoms with Crippen LogP contribution in [0.2, 0.25) is 0 Å². The lowest BCUT2D eigenvalue weighted by Crippen LogP contribution is -2.44. The Hall–Kier alpha value is -3.19. The first-order valence-corrected chi connectivity index (χ1v) is 16.1. The Bertz CT molecular complexity index is 1510. The van der Waals surface area contributed by atoms with Crippen LogP contribution in [0.15, 0.2) is 63.4 Å². The molecule has 0 unspecified atom stereocenters. The molecule has 1 N–H and O–H groups in total. The predicted octanol–water partition coefficient (Wildman–Crippen LogP) is 8.18. The van der Waals surface area contributed by atoms with Gasteiger partial charge in [-0.1, -0.05) is 52.8 Å². The summed E-state index contributed by atoms with van der Waals surface area (Å²) in [6, 6.07) is 11.7. The minimum Gasteiger partial charge on any atom is -0.483 e. The molecule has 0 atom stereocenters. The number of Topliss-reactive ketones (excluding diaryl/α,β-unsaturated/α-hetero) is 2. The van der Waals surface area contributed by atoms with E-state index in [2.05, 4.69) is 60.8 Å². The van der Waals surface area contributed by atoms with E-state index in [1.54, 1.807) is 0 Å². The summed E-state index contributed by atoms with van der Waals surface area (Å²) in [5.41, 5.74) is 7.12. The van der Waals surface area contributed by atoms with E-state index in [0.29, 0.717) is 23.1 Å². The molecular formula is C36H43BrN2O4. The SMILES string of the molecule is CCCN1C2=C(C(=O)CC(C)(C)C2)C(c2ccc(OCC(=O)Nc3cc(C)ccc3C)c(Br)c2)C2=C1CC(C)(C)CC2=O. The minimum absolute atomic E-state index is 0.126. The molecule has 0 saturated carbocycles. The van der Waals surface area contributed by atoms with E-state index in [0.717, 1.165) is 70.7 Å². The number of ether oxygens (including phenoxy) is 1. The van der Waals surface area contributed by atoms with Gasteiger partial charge in [0.1, 0.15) is 5.75 Å². The largest absolute Gasteiger partial charge is 0.483 e. The van der Waals surface area contributed by atoms with Gasteiger partial charge in [-0.15, -0.1) is 0 Å². The lowest BCUT2D eigenvalue weighted by Gasteiger charge is -2.49. The lowest BCUT2D eigenvalue weighted by molar-refractivity contribution is -0.120. The van der Waals surface area contributed by atoms with Gasteiger partial charge in [-0.3, -0.25) is 14.4 Å². The molecule has 0 aromatic heterocycles. The summed E-state index contributed by atoms with van der Waals surface area (Å²) in [6.07, 6.45) is 3.45. The molecule has 2 aliphatic carbocycles. The van der Waals surface area contributed by atoms with Crippen LogP contribution in [0.25, 0.3) is 0 Å². The van der Waals surface area contributed by atoms with Crippen molar-refractivity contribution < 1.29 is 19.1 Å². The van der Waals surface area contributed by atoms with Crippen LogP contribution in [0.3, 0.4) is 0 Å². The van der Waals surface area contributed by atoms with Gasteiger partial charge in [-0.2, -0.15) is 0 Å². The third kappa shape index (κ3) is 6.38. The first-order valence-electron chi connectivity index (χ1n) is 15.3. The van der Waals surface area contributed by atoms with Crippen LogP contribution in [0.5, 0.6) is 5.75 Å². The van der Waals surface area contributed by atoms with Crippen LogP contribution in [-0.4, -0.2) is 35.5 Å². The molecule has 7 heteroatoms. The molecule has 6 nitrogen and oxygen atoms in total. The summed E-state index contributed by atoms with van der Waals surface area (Å²) in [4.78, 5) is 42.8. The fraction of sp³-hybridized carbons (Fsp3) is 0.472. The number of rotatable bonds is 7. The number of amides is 1.